The molecule has 0 saturated carbocycles. The first kappa shape index (κ1) is 14.5. The number of imidazole rings is 1. The maximum Gasteiger partial charge on any atom is 0.204 e. The van der Waals surface area contributed by atoms with E-state index in [0.717, 1.165) is 23.8 Å². The summed E-state index contributed by atoms with van der Waals surface area (Å²) in [7, 11) is 5.95. The van der Waals surface area contributed by atoms with Crippen LogP contribution in [0.15, 0.2) is 30.5 Å². The van der Waals surface area contributed by atoms with E-state index >= 15 is 0 Å². The maximum absolute atomic E-state index is 12.9. The van der Waals surface area contributed by atoms with Gasteiger partial charge in [-0.05, 0) is 24.6 Å². The van der Waals surface area contributed by atoms with Crippen LogP contribution < -0.4 is 10.2 Å². The van der Waals surface area contributed by atoms with Gasteiger partial charge in [0.05, 0.1) is 11.9 Å². The molecule has 1 unspecified atom stereocenters. The van der Waals surface area contributed by atoms with E-state index in [0.29, 0.717) is 0 Å². The number of hydrogen-bond acceptors (Lipinski definition) is 3. The van der Waals surface area contributed by atoms with Gasteiger partial charge in [0.1, 0.15) is 5.82 Å². The third kappa shape index (κ3) is 3.17. The molecule has 5 heteroatoms. The number of aromatic nitrogens is 2. The molecule has 1 atom stereocenters. The SMILES string of the molecule is CC(NCc1cnc(N(C)C)n1C)c1ccc(F)cc1. The van der Waals surface area contributed by atoms with Crippen molar-refractivity contribution in [3.8, 4) is 0 Å². The minimum Gasteiger partial charge on any atom is -0.348 e. The summed E-state index contributed by atoms with van der Waals surface area (Å²) >= 11 is 0. The first-order valence-corrected chi connectivity index (χ1v) is 6.66. The highest BCUT2D eigenvalue weighted by Crippen LogP contribution is 2.15. The quantitative estimate of drug-likeness (QED) is 0.910. The predicted octanol–water partition coefficient (Wildman–Crippen LogP) is 2.48. The van der Waals surface area contributed by atoms with Gasteiger partial charge in [-0.3, -0.25) is 0 Å². The molecule has 1 aromatic carbocycles. The average Bonchev–Trinajstić information content (AvgIpc) is 2.78. The summed E-state index contributed by atoms with van der Waals surface area (Å²) in [5, 5.41) is 3.43. The summed E-state index contributed by atoms with van der Waals surface area (Å²) in [6.07, 6.45) is 1.87. The lowest BCUT2D eigenvalue weighted by Crippen LogP contribution is -2.20. The Labute approximate surface area is 119 Å². The highest BCUT2D eigenvalue weighted by atomic mass is 19.1. The number of rotatable bonds is 5. The molecular weight excluding hydrogens is 255 g/mol. The van der Waals surface area contributed by atoms with Gasteiger partial charge >= 0.3 is 0 Å². The van der Waals surface area contributed by atoms with Crippen LogP contribution >= 0.6 is 0 Å². The van der Waals surface area contributed by atoms with Crippen LogP contribution in [0.2, 0.25) is 0 Å². The third-order valence-corrected chi connectivity index (χ3v) is 3.42. The first-order chi connectivity index (χ1) is 9.49. The highest BCUT2D eigenvalue weighted by Gasteiger charge is 2.10. The van der Waals surface area contributed by atoms with Gasteiger partial charge in [-0.25, -0.2) is 9.37 Å². The molecule has 0 aliphatic rings. The Morgan fingerprint density at radius 2 is 1.95 bits per heavy atom. The first-order valence-electron chi connectivity index (χ1n) is 6.66. The molecular formula is C15H21FN4. The van der Waals surface area contributed by atoms with Gasteiger partial charge in [-0.1, -0.05) is 12.1 Å². The lowest BCUT2D eigenvalue weighted by molar-refractivity contribution is 0.555. The van der Waals surface area contributed by atoms with Crippen LogP contribution in [0, 0.1) is 5.82 Å². The molecule has 1 aromatic heterocycles. The number of hydrogen-bond donors (Lipinski definition) is 1. The molecule has 0 aliphatic carbocycles. The number of nitrogens with one attached hydrogen (secondary N) is 1. The zero-order chi connectivity index (χ0) is 14.7. The number of benzene rings is 1. The van der Waals surface area contributed by atoms with Crippen molar-refractivity contribution in [2.24, 2.45) is 7.05 Å². The van der Waals surface area contributed by atoms with Gasteiger partial charge in [0.2, 0.25) is 5.95 Å². The second kappa shape index (κ2) is 6.05. The molecule has 0 amide bonds. The molecule has 1 N–H and O–H groups in total. The minimum atomic E-state index is -0.205. The zero-order valence-electron chi connectivity index (χ0n) is 12.4. The number of anilines is 1. The number of halogens is 1. The molecule has 0 radical (unpaired) electrons. The van der Waals surface area contributed by atoms with E-state index in [9.17, 15) is 4.39 Å². The monoisotopic (exact) mass is 276 g/mol. The van der Waals surface area contributed by atoms with Crippen LogP contribution in [0.3, 0.4) is 0 Å². The summed E-state index contributed by atoms with van der Waals surface area (Å²) in [5.41, 5.74) is 2.18. The summed E-state index contributed by atoms with van der Waals surface area (Å²) in [5.74, 6) is 0.722. The molecule has 0 saturated heterocycles. The summed E-state index contributed by atoms with van der Waals surface area (Å²) in [6, 6.07) is 6.75. The standard InChI is InChI=1S/C15H21FN4/c1-11(12-5-7-13(16)8-6-12)17-9-14-10-18-15(19(2)3)20(14)4/h5-8,10-11,17H,9H2,1-4H3. The molecule has 0 spiro atoms. The smallest absolute Gasteiger partial charge is 0.204 e. The topological polar surface area (TPSA) is 33.1 Å². The normalized spacial score (nSPS) is 12.4. The van der Waals surface area contributed by atoms with Gasteiger partial charge in [0.15, 0.2) is 0 Å². The van der Waals surface area contributed by atoms with Gasteiger partial charge in [0.25, 0.3) is 0 Å². The van der Waals surface area contributed by atoms with Gasteiger partial charge < -0.3 is 14.8 Å². The van der Waals surface area contributed by atoms with Crippen molar-refractivity contribution in [3.05, 3.63) is 47.5 Å². The lowest BCUT2D eigenvalue weighted by Gasteiger charge is -2.16. The second-order valence-electron chi connectivity index (χ2n) is 5.16. The van der Waals surface area contributed by atoms with Crippen LogP contribution in [-0.2, 0) is 13.6 Å². The van der Waals surface area contributed by atoms with Crippen molar-refractivity contribution >= 4 is 5.95 Å². The molecule has 2 rings (SSSR count). The number of nitrogens with zero attached hydrogens (tertiary/aromatic N) is 3. The van der Waals surface area contributed by atoms with Crippen molar-refractivity contribution in [2.45, 2.75) is 19.5 Å². The van der Waals surface area contributed by atoms with Gasteiger partial charge in [0, 0.05) is 33.7 Å². The van der Waals surface area contributed by atoms with E-state index in [-0.39, 0.29) is 11.9 Å². The van der Waals surface area contributed by atoms with Crippen LogP contribution in [0.1, 0.15) is 24.2 Å². The van der Waals surface area contributed by atoms with Crippen molar-refractivity contribution < 1.29 is 4.39 Å². The summed E-state index contributed by atoms with van der Waals surface area (Å²) in [4.78, 5) is 6.36. The van der Waals surface area contributed by atoms with Crippen molar-refractivity contribution in [1.29, 1.82) is 0 Å². The van der Waals surface area contributed by atoms with Gasteiger partial charge in [-0.2, -0.15) is 0 Å². The average molecular weight is 276 g/mol. The fraction of sp³-hybridized carbons (Fsp3) is 0.400. The van der Waals surface area contributed by atoms with E-state index < -0.39 is 0 Å². The Balaban J connectivity index is 2.00. The summed E-state index contributed by atoms with van der Waals surface area (Å²) < 4.78 is 15.0. The lowest BCUT2D eigenvalue weighted by atomic mass is 10.1. The van der Waals surface area contributed by atoms with Crippen LogP contribution in [0.25, 0.3) is 0 Å². The summed E-state index contributed by atoms with van der Waals surface area (Å²) in [6.45, 7) is 2.78. The maximum atomic E-state index is 12.9. The van der Waals surface area contributed by atoms with E-state index in [1.165, 1.54) is 12.1 Å². The minimum absolute atomic E-state index is 0.160. The predicted molar refractivity (Wildman–Crippen MR) is 79.2 cm³/mol. The van der Waals surface area contributed by atoms with Crippen molar-refractivity contribution in [3.63, 3.8) is 0 Å². The molecule has 0 aliphatic heterocycles. The molecule has 0 fully saturated rings. The Morgan fingerprint density at radius 3 is 2.50 bits per heavy atom. The molecule has 1 heterocycles. The molecule has 108 valence electrons. The van der Waals surface area contributed by atoms with E-state index in [1.54, 1.807) is 0 Å². The Hall–Kier alpha value is -1.88. The highest BCUT2D eigenvalue weighted by molar-refractivity contribution is 5.31. The Bertz CT molecular complexity index is 560. The molecule has 2 aromatic rings. The fourth-order valence-corrected chi connectivity index (χ4v) is 2.14. The van der Waals surface area contributed by atoms with E-state index in [1.807, 2.05) is 44.4 Å². The van der Waals surface area contributed by atoms with Crippen LogP contribution in [0.5, 0.6) is 0 Å². The fourth-order valence-electron chi connectivity index (χ4n) is 2.14. The van der Waals surface area contributed by atoms with Gasteiger partial charge in [-0.15, -0.1) is 0 Å². The third-order valence-electron chi connectivity index (χ3n) is 3.42. The molecule has 20 heavy (non-hydrogen) atoms. The second-order valence-corrected chi connectivity index (χ2v) is 5.16. The zero-order valence-corrected chi connectivity index (χ0v) is 12.4. The molecule has 4 nitrogen and oxygen atoms in total. The van der Waals surface area contributed by atoms with Crippen LogP contribution in [-0.4, -0.2) is 23.6 Å². The Morgan fingerprint density at radius 1 is 1.30 bits per heavy atom. The van der Waals surface area contributed by atoms with E-state index in [4.69, 9.17) is 0 Å². The van der Waals surface area contributed by atoms with E-state index in [2.05, 4.69) is 21.8 Å². The van der Waals surface area contributed by atoms with Crippen molar-refractivity contribution in [2.75, 3.05) is 19.0 Å². The van der Waals surface area contributed by atoms with Crippen molar-refractivity contribution in [1.82, 2.24) is 14.9 Å². The molecule has 0 bridgehead atoms. The largest absolute Gasteiger partial charge is 0.348 e. The Kier molecular flexibility index (Phi) is 4.39. The van der Waals surface area contributed by atoms with Crippen LogP contribution in [0.4, 0.5) is 10.3 Å².